The highest BCUT2D eigenvalue weighted by Crippen LogP contribution is 2.35. The van der Waals surface area contributed by atoms with E-state index in [1.54, 1.807) is 11.3 Å². The molecule has 1 aromatic rings. The van der Waals surface area contributed by atoms with Gasteiger partial charge in [0.1, 0.15) is 6.10 Å². The molecule has 0 N–H and O–H groups in total. The maximum absolute atomic E-state index is 12.1. The average Bonchev–Trinajstić information content (AvgIpc) is 3.16. The van der Waals surface area contributed by atoms with Gasteiger partial charge in [0.2, 0.25) is 0 Å². The van der Waals surface area contributed by atoms with E-state index in [4.69, 9.17) is 16.3 Å². The zero-order valence-corrected chi connectivity index (χ0v) is 13.4. The molecular formula is C15H19ClN2O2S. The Morgan fingerprint density at radius 2 is 2.10 bits per heavy atom. The molecule has 1 saturated carbocycles. The highest BCUT2D eigenvalue weighted by Gasteiger charge is 2.50. The lowest BCUT2D eigenvalue weighted by molar-refractivity contribution is 0.113. The van der Waals surface area contributed by atoms with Crippen LogP contribution in [0, 0.1) is 0 Å². The van der Waals surface area contributed by atoms with E-state index in [0.29, 0.717) is 6.04 Å². The molecule has 3 aliphatic rings. The molecule has 6 heteroatoms. The van der Waals surface area contributed by atoms with E-state index in [9.17, 15) is 4.79 Å². The van der Waals surface area contributed by atoms with Crippen molar-refractivity contribution in [1.82, 2.24) is 9.80 Å². The smallest absolute Gasteiger partial charge is 0.410 e. The van der Waals surface area contributed by atoms with Gasteiger partial charge >= 0.3 is 6.09 Å². The molecule has 1 amide bonds. The summed E-state index contributed by atoms with van der Waals surface area (Å²) in [4.78, 5) is 17.8. The monoisotopic (exact) mass is 326 g/mol. The third-order valence-corrected chi connectivity index (χ3v) is 6.08. The first-order chi connectivity index (χ1) is 10.2. The van der Waals surface area contributed by atoms with E-state index in [2.05, 4.69) is 11.0 Å². The molecule has 0 aromatic carbocycles. The van der Waals surface area contributed by atoms with E-state index in [-0.39, 0.29) is 18.2 Å². The predicted octanol–water partition coefficient (Wildman–Crippen LogP) is 3.35. The summed E-state index contributed by atoms with van der Waals surface area (Å²) in [5, 5.41) is 0. The number of carbonyl (C=O) groups excluding carboxylic acids is 1. The highest BCUT2D eigenvalue weighted by atomic mass is 35.5. The second kappa shape index (κ2) is 5.45. The largest absolute Gasteiger partial charge is 0.442 e. The molecule has 114 valence electrons. The van der Waals surface area contributed by atoms with Gasteiger partial charge in [-0.25, -0.2) is 4.79 Å². The molecule has 1 aromatic heterocycles. The Hall–Kier alpha value is -0.780. The molecule has 21 heavy (non-hydrogen) atoms. The lowest BCUT2D eigenvalue weighted by Crippen LogP contribution is -2.43. The SMILES string of the molecule is O=C1O[C@@H]2CN(Cc3ccc(Cl)s3)C[C@@H]2N1C1CCCC1. The number of carbonyl (C=O) groups is 1. The van der Waals surface area contributed by atoms with Crippen molar-refractivity contribution < 1.29 is 9.53 Å². The summed E-state index contributed by atoms with van der Waals surface area (Å²) in [6.07, 6.45) is 4.72. The van der Waals surface area contributed by atoms with Crippen LogP contribution in [0.25, 0.3) is 0 Å². The van der Waals surface area contributed by atoms with Crippen LogP contribution >= 0.6 is 22.9 Å². The Labute approximate surface area is 133 Å². The summed E-state index contributed by atoms with van der Waals surface area (Å²) in [5.74, 6) is 0. The minimum absolute atomic E-state index is 0.0496. The predicted molar refractivity (Wildman–Crippen MR) is 82.8 cm³/mol. The van der Waals surface area contributed by atoms with Gasteiger partial charge in [-0.3, -0.25) is 9.80 Å². The zero-order chi connectivity index (χ0) is 14.4. The summed E-state index contributed by atoms with van der Waals surface area (Å²) in [6.45, 7) is 2.66. The number of ether oxygens (including phenoxy) is 1. The average molecular weight is 327 g/mol. The van der Waals surface area contributed by atoms with E-state index >= 15 is 0 Å². The molecule has 2 saturated heterocycles. The van der Waals surface area contributed by atoms with Crippen molar-refractivity contribution in [3.05, 3.63) is 21.3 Å². The van der Waals surface area contributed by atoms with Crippen LogP contribution in [0.1, 0.15) is 30.6 Å². The molecule has 4 rings (SSSR count). The Bertz CT molecular complexity index is 544. The van der Waals surface area contributed by atoms with Crippen molar-refractivity contribution in [2.24, 2.45) is 0 Å². The van der Waals surface area contributed by atoms with E-state index in [1.807, 2.05) is 11.0 Å². The standard InChI is InChI=1S/C15H19ClN2O2S/c16-14-6-5-11(21-14)7-17-8-12-13(9-17)20-15(19)18(12)10-3-1-2-4-10/h5-6,10,12-13H,1-4,7-9H2/t12-,13+/m0/s1. The van der Waals surface area contributed by atoms with Crippen LogP contribution in [0.2, 0.25) is 4.34 Å². The summed E-state index contributed by atoms with van der Waals surface area (Å²) in [5.41, 5.74) is 0. The number of fused-ring (bicyclic) bond motifs is 1. The minimum Gasteiger partial charge on any atom is -0.442 e. The third-order valence-electron chi connectivity index (χ3n) is 4.86. The zero-order valence-electron chi connectivity index (χ0n) is 11.8. The van der Waals surface area contributed by atoms with Gasteiger partial charge in [0.25, 0.3) is 0 Å². The normalized spacial score (nSPS) is 30.1. The van der Waals surface area contributed by atoms with Gasteiger partial charge in [0.15, 0.2) is 0 Å². The Balaban J connectivity index is 1.44. The number of thiophene rings is 1. The molecule has 3 fully saturated rings. The lowest BCUT2D eigenvalue weighted by Gasteiger charge is -2.27. The van der Waals surface area contributed by atoms with Crippen molar-refractivity contribution in [1.29, 1.82) is 0 Å². The molecule has 0 bridgehead atoms. The molecule has 1 aliphatic carbocycles. The summed E-state index contributed by atoms with van der Waals surface area (Å²) < 4.78 is 6.44. The summed E-state index contributed by atoms with van der Waals surface area (Å²) in [7, 11) is 0. The molecule has 0 unspecified atom stereocenters. The number of halogens is 1. The van der Waals surface area contributed by atoms with Crippen LogP contribution in [0.4, 0.5) is 4.79 Å². The maximum Gasteiger partial charge on any atom is 0.410 e. The summed E-state index contributed by atoms with van der Waals surface area (Å²) in [6, 6.07) is 4.69. The minimum atomic E-state index is -0.0873. The number of rotatable bonds is 3. The van der Waals surface area contributed by atoms with Gasteiger partial charge in [-0.15, -0.1) is 11.3 Å². The maximum atomic E-state index is 12.1. The van der Waals surface area contributed by atoms with Gasteiger partial charge in [0.05, 0.1) is 10.4 Å². The highest BCUT2D eigenvalue weighted by molar-refractivity contribution is 7.16. The summed E-state index contributed by atoms with van der Waals surface area (Å²) >= 11 is 7.62. The topological polar surface area (TPSA) is 32.8 Å². The first-order valence-electron chi connectivity index (χ1n) is 7.66. The fourth-order valence-corrected chi connectivity index (χ4v) is 5.06. The van der Waals surface area contributed by atoms with Crippen molar-refractivity contribution in [3.8, 4) is 0 Å². The van der Waals surface area contributed by atoms with Crippen molar-refractivity contribution in [2.75, 3.05) is 13.1 Å². The first-order valence-corrected chi connectivity index (χ1v) is 8.85. The molecule has 2 aliphatic heterocycles. The first kappa shape index (κ1) is 13.9. The van der Waals surface area contributed by atoms with Gasteiger partial charge in [-0.05, 0) is 25.0 Å². The molecule has 2 atom stereocenters. The third kappa shape index (κ3) is 2.56. The molecule has 3 heterocycles. The van der Waals surface area contributed by atoms with E-state index in [1.165, 1.54) is 17.7 Å². The molecular weight excluding hydrogens is 308 g/mol. The van der Waals surface area contributed by atoms with Crippen LogP contribution < -0.4 is 0 Å². The van der Waals surface area contributed by atoms with Gasteiger partial charge in [-0.2, -0.15) is 0 Å². The second-order valence-electron chi connectivity index (χ2n) is 6.24. The lowest BCUT2D eigenvalue weighted by atomic mass is 10.1. The number of nitrogens with zero attached hydrogens (tertiary/aromatic N) is 2. The van der Waals surface area contributed by atoms with E-state index in [0.717, 1.165) is 36.8 Å². The van der Waals surface area contributed by atoms with Crippen LogP contribution in [0.15, 0.2) is 12.1 Å². The Morgan fingerprint density at radius 1 is 1.29 bits per heavy atom. The second-order valence-corrected chi connectivity index (χ2v) is 8.03. The van der Waals surface area contributed by atoms with Gasteiger partial charge in [-0.1, -0.05) is 24.4 Å². The van der Waals surface area contributed by atoms with Crippen molar-refractivity contribution in [3.63, 3.8) is 0 Å². The molecule has 4 nitrogen and oxygen atoms in total. The quantitative estimate of drug-likeness (QED) is 0.854. The van der Waals surface area contributed by atoms with Crippen molar-refractivity contribution >= 4 is 29.0 Å². The number of hydrogen-bond donors (Lipinski definition) is 0. The van der Waals surface area contributed by atoms with Crippen LogP contribution in [0.3, 0.4) is 0 Å². The van der Waals surface area contributed by atoms with Gasteiger partial charge < -0.3 is 4.74 Å². The Morgan fingerprint density at radius 3 is 2.81 bits per heavy atom. The number of likely N-dealkylation sites (tertiary alicyclic amines) is 1. The van der Waals surface area contributed by atoms with Crippen LogP contribution in [-0.2, 0) is 11.3 Å². The fourth-order valence-electron chi connectivity index (χ4n) is 3.93. The van der Waals surface area contributed by atoms with Gasteiger partial charge in [0, 0.05) is 30.6 Å². The van der Waals surface area contributed by atoms with Crippen LogP contribution in [0.5, 0.6) is 0 Å². The Kier molecular flexibility index (Phi) is 3.59. The van der Waals surface area contributed by atoms with E-state index < -0.39 is 0 Å². The van der Waals surface area contributed by atoms with Crippen molar-refractivity contribution in [2.45, 2.75) is 50.4 Å². The molecule has 0 spiro atoms. The molecule has 0 radical (unpaired) electrons. The number of hydrogen-bond acceptors (Lipinski definition) is 4. The van der Waals surface area contributed by atoms with Crippen LogP contribution in [-0.4, -0.2) is 47.2 Å². The number of amides is 1. The fraction of sp³-hybridized carbons (Fsp3) is 0.667.